The number of hydrogen-bond donors (Lipinski definition) is 4. The lowest BCUT2D eigenvalue weighted by Gasteiger charge is -2.13. The third-order valence-electron chi connectivity index (χ3n) is 3.57. The van der Waals surface area contributed by atoms with Gasteiger partial charge in [0.05, 0.1) is 0 Å². The summed E-state index contributed by atoms with van der Waals surface area (Å²) in [7, 11) is 0. The largest absolute Gasteiger partial charge is 0.606 e. The van der Waals surface area contributed by atoms with Gasteiger partial charge in [-0.2, -0.15) is 5.10 Å². The van der Waals surface area contributed by atoms with Gasteiger partial charge in [-0.3, -0.25) is 5.10 Å². The van der Waals surface area contributed by atoms with E-state index < -0.39 is 11.2 Å². The van der Waals surface area contributed by atoms with Gasteiger partial charge in [0.2, 0.25) is 0 Å². The van der Waals surface area contributed by atoms with Crippen molar-refractivity contribution < 1.29 is 9.66 Å². The predicted molar refractivity (Wildman–Crippen MR) is 102 cm³/mol. The summed E-state index contributed by atoms with van der Waals surface area (Å²) in [6.07, 6.45) is 0.606. The number of hydrogen-bond acceptors (Lipinski definition) is 6. The molecule has 8 heteroatoms. The Morgan fingerprint density at radius 1 is 1.08 bits per heavy atom. The number of aromatic amines is 1. The minimum atomic E-state index is -1.33. The van der Waals surface area contributed by atoms with E-state index in [2.05, 4.69) is 25.8 Å². The fourth-order valence-electron chi connectivity index (χ4n) is 2.36. The molecule has 0 aliphatic heterocycles. The van der Waals surface area contributed by atoms with Gasteiger partial charge in [-0.1, -0.05) is 18.2 Å². The summed E-state index contributed by atoms with van der Waals surface area (Å²) >= 11 is -1.33. The van der Waals surface area contributed by atoms with Crippen LogP contribution in [0, 0.1) is 6.92 Å². The molecule has 4 N–H and O–H groups in total. The van der Waals surface area contributed by atoms with Gasteiger partial charge in [0, 0.05) is 48.2 Å². The first-order valence-corrected chi connectivity index (χ1v) is 9.43. The lowest BCUT2D eigenvalue weighted by atomic mass is 10.4. The molecule has 0 spiro atoms. The van der Waals surface area contributed by atoms with Crippen molar-refractivity contribution in [1.82, 2.24) is 15.2 Å². The Balaban J connectivity index is 1.88. The van der Waals surface area contributed by atoms with E-state index in [0.717, 1.165) is 10.6 Å². The fourth-order valence-corrected chi connectivity index (χ4v) is 3.47. The highest BCUT2D eigenvalue weighted by molar-refractivity contribution is 7.91. The quantitative estimate of drug-likeness (QED) is 0.358. The highest BCUT2D eigenvalue weighted by Gasteiger charge is 2.17. The maximum atomic E-state index is 12.9. The smallest absolute Gasteiger partial charge is 0.165 e. The van der Waals surface area contributed by atoms with Crippen LogP contribution in [0.25, 0.3) is 0 Å². The molecule has 2 heterocycles. The van der Waals surface area contributed by atoms with Crippen molar-refractivity contribution in [3.8, 4) is 0 Å². The van der Waals surface area contributed by atoms with E-state index in [9.17, 15) is 4.55 Å². The van der Waals surface area contributed by atoms with Crippen LogP contribution in [0.5, 0.6) is 0 Å². The number of aliphatic hydroxyl groups excluding tert-OH is 1. The van der Waals surface area contributed by atoms with Crippen LogP contribution in [-0.2, 0) is 11.2 Å². The second-order valence-corrected chi connectivity index (χ2v) is 7.20. The number of rotatable bonds is 8. The fraction of sp³-hybridized carbons (Fsp3) is 0.222. The Labute approximate surface area is 155 Å². The molecule has 0 aliphatic carbocycles. The molecule has 0 bridgehead atoms. The van der Waals surface area contributed by atoms with Crippen molar-refractivity contribution in [3.63, 3.8) is 0 Å². The first-order valence-electron chi connectivity index (χ1n) is 8.28. The van der Waals surface area contributed by atoms with Crippen LogP contribution < -0.4 is 10.6 Å². The summed E-state index contributed by atoms with van der Waals surface area (Å²) in [5.74, 6) is 1.78. The first kappa shape index (κ1) is 18.2. The molecule has 3 aromatic rings. The molecule has 0 fully saturated rings. The molecule has 136 valence electrons. The van der Waals surface area contributed by atoms with Crippen molar-refractivity contribution in [2.75, 3.05) is 23.8 Å². The second-order valence-electron chi connectivity index (χ2n) is 5.72. The molecular formula is C18H21N5O2S. The molecule has 26 heavy (non-hydrogen) atoms. The zero-order valence-electron chi connectivity index (χ0n) is 14.4. The molecule has 0 radical (unpaired) electrons. The predicted octanol–water partition coefficient (Wildman–Crippen LogP) is 2.82. The third-order valence-corrected chi connectivity index (χ3v) is 4.94. The summed E-state index contributed by atoms with van der Waals surface area (Å²) in [5.41, 5.74) is 0.929. The van der Waals surface area contributed by atoms with E-state index in [4.69, 9.17) is 5.11 Å². The summed E-state index contributed by atoms with van der Waals surface area (Å²) in [4.78, 5) is 5.85. The number of aromatic nitrogens is 3. The normalized spacial score (nSPS) is 12.0. The Kier molecular flexibility index (Phi) is 6.11. The molecule has 1 aromatic carbocycles. The van der Waals surface area contributed by atoms with Crippen LogP contribution in [0.2, 0.25) is 0 Å². The molecule has 0 saturated carbocycles. The number of benzene rings is 1. The van der Waals surface area contributed by atoms with E-state index in [1.165, 1.54) is 0 Å². The van der Waals surface area contributed by atoms with Gasteiger partial charge in [0.1, 0.15) is 11.6 Å². The zero-order valence-corrected chi connectivity index (χ0v) is 15.2. The maximum absolute atomic E-state index is 12.9. The molecule has 7 nitrogen and oxygen atoms in total. The minimum absolute atomic E-state index is 0.0975. The van der Waals surface area contributed by atoms with E-state index in [-0.39, 0.29) is 6.61 Å². The van der Waals surface area contributed by atoms with Crippen molar-refractivity contribution in [3.05, 3.63) is 54.2 Å². The van der Waals surface area contributed by atoms with Gasteiger partial charge < -0.3 is 20.3 Å². The maximum Gasteiger partial charge on any atom is 0.165 e. The van der Waals surface area contributed by atoms with Crippen LogP contribution in [0.4, 0.5) is 17.5 Å². The monoisotopic (exact) mass is 371 g/mol. The average Bonchev–Trinajstić information content (AvgIpc) is 3.06. The number of H-pyrrole nitrogens is 1. The van der Waals surface area contributed by atoms with Crippen LogP contribution >= 0.6 is 0 Å². The van der Waals surface area contributed by atoms with Crippen LogP contribution in [0.15, 0.2) is 58.3 Å². The van der Waals surface area contributed by atoms with Crippen LogP contribution in [0.3, 0.4) is 0 Å². The topological polar surface area (TPSA) is 109 Å². The average molecular weight is 371 g/mol. The van der Waals surface area contributed by atoms with Gasteiger partial charge in [-0.25, -0.2) is 4.98 Å². The molecule has 0 amide bonds. The zero-order chi connectivity index (χ0) is 18.4. The van der Waals surface area contributed by atoms with Gasteiger partial charge >= 0.3 is 0 Å². The SMILES string of the molecule is Cc1cc(Nc2cc([S+]([O-])c3ccccc3)cc(NCCCO)n2)n[nH]1. The summed E-state index contributed by atoms with van der Waals surface area (Å²) in [6, 6.07) is 14.7. The van der Waals surface area contributed by atoms with E-state index in [0.29, 0.717) is 35.3 Å². The number of nitrogens with one attached hydrogen (secondary N) is 3. The van der Waals surface area contributed by atoms with Crippen LogP contribution in [0.1, 0.15) is 12.1 Å². The van der Waals surface area contributed by atoms with Gasteiger partial charge in [-0.05, 0) is 25.5 Å². The molecule has 2 aromatic heterocycles. The molecule has 1 atom stereocenters. The summed E-state index contributed by atoms with van der Waals surface area (Å²) in [5, 5.41) is 22.2. The number of nitrogens with zero attached hydrogens (tertiary/aromatic N) is 2. The van der Waals surface area contributed by atoms with Gasteiger partial charge in [-0.15, -0.1) is 0 Å². The second kappa shape index (κ2) is 8.70. The molecule has 1 unspecified atom stereocenters. The Morgan fingerprint density at radius 3 is 2.54 bits per heavy atom. The van der Waals surface area contributed by atoms with Crippen molar-refractivity contribution >= 4 is 28.6 Å². The molecular weight excluding hydrogens is 350 g/mol. The van der Waals surface area contributed by atoms with E-state index in [1.54, 1.807) is 12.1 Å². The van der Waals surface area contributed by atoms with Crippen LogP contribution in [-0.4, -0.2) is 38.0 Å². The number of aliphatic hydroxyl groups is 1. The standard InChI is InChI=1S/C18H21N5O2S/c1-13-10-18(23-22-13)21-17-12-15(11-16(20-17)19-8-5-9-24)26(25)14-6-3-2-4-7-14/h2-4,6-7,10-12,24H,5,8-9H2,1H3,(H3,19,20,21,22,23). The number of pyridine rings is 1. The van der Waals surface area contributed by atoms with Crippen molar-refractivity contribution in [1.29, 1.82) is 0 Å². The summed E-state index contributed by atoms with van der Waals surface area (Å²) < 4.78 is 12.9. The van der Waals surface area contributed by atoms with Crippen molar-refractivity contribution in [2.24, 2.45) is 0 Å². The van der Waals surface area contributed by atoms with Gasteiger partial charge in [0.25, 0.3) is 0 Å². The Hall–Kier alpha value is -2.55. The third kappa shape index (κ3) is 4.75. The summed E-state index contributed by atoms with van der Waals surface area (Å²) in [6.45, 7) is 2.58. The minimum Gasteiger partial charge on any atom is -0.606 e. The highest BCUT2D eigenvalue weighted by atomic mass is 32.2. The van der Waals surface area contributed by atoms with Crippen molar-refractivity contribution in [2.45, 2.75) is 23.1 Å². The lowest BCUT2D eigenvalue weighted by Crippen LogP contribution is -2.09. The van der Waals surface area contributed by atoms with E-state index in [1.807, 2.05) is 43.3 Å². The lowest BCUT2D eigenvalue weighted by molar-refractivity contribution is 0.292. The first-order chi connectivity index (χ1) is 12.7. The van der Waals surface area contributed by atoms with Gasteiger partial charge in [0.15, 0.2) is 15.6 Å². The molecule has 0 saturated heterocycles. The number of aryl methyl sites for hydroxylation is 1. The molecule has 3 rings (SSSR count). The number of anilines is 3. The Morgan fingerprint density at radius 2 is 1.85 bits per heavy atom. The highest BCUT2D eigenvalue weighted by Crippen LogP contribution is 2.26. The molecule has 0 aliphatic rings. The van der Waals surface area contributed by atoms with E-state index >= 15 is 0 Å². The Bertz CT molecular complexity index is 841.